The molecule has 1 aliphatic carbocycles. The second-order valence-corrected chi connectivity index (χ2v) is 7.06. The highest BCUT2D eigenvalue weighted by molar-refractivity contribution is 5.72. The van der Waals surface area contributed by atoms with Gasteiger partial charge in [-0.1, -0.05) is 50.1 Å². The van der Waals surface area contributed by atoms with Gasteiger partial charge in [-0.2, -0.15) is 0 Å². The van der Waals surface area contributed by atoms with E-state index in [0.29, 0.717) is 12.1 Å². The minimum atomic E-state index is 0.545. The molecule has 0 spiro atoms. The van der Waals surface area contributed by atoms with Crippen LogP contribution >= 0.6 is 0 Å². The molecule has 1 aromatic heterocycles. The van der Waals surface area contributed by atoms with Crippen LogP contribution in [0.3, 0.4) is 0 Å². The Morgan fingerprint density at radius 2 is 1.88 bits per heavy atom. The fraction of sp³-hybridized carbons (Fsp3) is 0.500. The van der Waals surface area contributed by atoms with Crippen LogP contribution in [-0.2, 0) is 0 Å². The Kier molecular flexibility index (Phi) is 4.13. The number of aromatic nitrogens is 2. The van der Waals surface area contributed by atoms with Crippen molar-refractivity contribution in [3.05, 3.63) is 36.5 Å². The van der Waals surface area contributed by atoms with Crippen LogP contribution in [0.25, 0.3) is 11.4 Å². The zero-order chi connectivity index (χ0) is 16.5. The quantitative estimate of drug-likeness (QED) is 0.851. The molecule has 126 valence electrons. The zero-order valence-corrected chi connectivity index (χ0v) is 14.7. The van der Waals surface area contributed by atoms with Crippen molar-refractivity contribution in [2.75, 3.05) is 23.4 Å². The summed E-state index contributed by atoms with van der Waals surface area (Å²) in [6, 6.07) is 11.5. The number of fused-ring (bicyclic) bond motifs is 1. The van der Waals surface area contributed by atoms with E-state index in [1.165, 1.54) is 31.4 Å². The lowest BCUT2D eigenvalue weighted by atomic mass is 10.0. The van der Waals surface area contributed by atoms with E-state index in [4.69, 9.17) is 4.98 Å². The van der Waals surface area contributed by atoms with Crippen LogP contribution in [0.1, 0.15) is 39.0 Å². The molecule has 4 rings (SSSR count). The monoisotopic (exact) mass is 322 g/mol. The average Bonchev–Trinajstić information content (AvgIpc) is 3.16. The molecule has 2 heterocycles. The summed E-state index contributed by atoms with van der Waals surface area (Å²) in [6.07, 6.45) is 8.46. The van der Waals surface area contributed by atoms with Crippen LogP contribution < -0.4 is 9.80 Å². The van der Waals surface area contributed by atoms with E-state index in [0.717, 1.165) is 30.2 Å². The molecule has 4 nitrogen and oxygen atoms in total. The van der Waals surface area contributed by atoms with Crippen molar-refractivity contribution in [3.8, 4) is 11.4 Å². The highest BCUT2D eigenvalue weighted by Gasteiger charge is 2.35. The lowest BCUT2D eigenvalue weighted by Gasteiger charge is -2.45. The Hall–Kier alpha value is -2.10. The second-order valence-electron chi connectivity index (χ2n) is 7.06. The maximum Gasteiger partial charge on any atom is 0.161 e. The zero-order valence-electron chi connectivity index (χ0n) is 14.7. The summed E-state index contributed by atoms with van der Waals surface area (Å²) in [7, 11) is 2.17. The molecule has 1 saturated carbocycles. The van der Waals surface area contributed by atoms with Gasteiger partial charge in [-0.05, 0) is 19.3 Å². The lowest BCUT2D eigenvalue weighted by molar-refractivity contribution is 0.476. The van der Waals surface area contributed by atoms with Crippen LogP contribution in [0.15, 0.2) is 36.5 Å². The molecule has 24 heavy (non-hydrogen) atoms. The summed E-state index contributed by atoms with van der Waals surface area (Å²) in [6.45, 7) is 3.36. The molecule has 0 N–H and O–H groups in total. The third-order valence-electron chi connectivity index (χ3n) is 5.51. The summed E-state index contributed by atoms with van der Waals surface area (Å²) >= 11 is 0. The first-order valence-electron chi connectivity index (χ1n) is 9.20. The number of rotatable bonds is 3. The summed E-state index contributed by atoms with van der Waals surface area (Å²) in [5, 5.41) is 0. The minimum absolute atomic E-state index is 0.545. The Morgan fingerprint density at radius 3 is 2.58 bits per heavy atom. The van der Waals surface area contributed by atoms with Crippen molar-refractivity contribution < 1.29 is 0 Å². The van der Waals surface area contributed by atoms with Crippen molar-refractivity contribution in [3.63, 3.8) is 0 Å². The van der Waals surface area contributed by atoms with E-state index in [2.05, 4.69) is 40.9 Å². The maximum atomic E-state index is 5.03. The third kappa shape index (κ3) is 2.64. The van der Waals surface area contributed by atoms with Gasteiger partial charge in [-0.3, -0.25) is 0 Å². The molecule has 1 aromatic carbocycles. The van der Waals surface area contributed by atoms with Gasteiger partial charge in [0.2, 0.25) is 0 Å². The van der Waals surface area contributed by atoms with Gasteiger partial charge in [0.25, 0.3) is 0 Å². The van der Waals surface area contributed by atoms with E-state index in [-0.39, 0.29) is 0 Å². The first kappa shape index (κ1) is 15.4. The maximum absolute atomic E-state index is 5.03. The van der Waals surface area contributed by atoms with Gasteiger partial charge in [-0.15, -0.1) is 0 Å². The SMILES string of the molecule is CCC1CN(C)c2cnc(-c3ccccc3)nc2N1C1CCCC1. The molecule has 1 atom stereocenters. The van der Waals surface area contributed by atoms with Gasteiger partial charge in [0.05, 0.1) is 11.9 Å². The Balaban J connectivity index is 1.80. The van der Waals surface area contributed by atoms with Gasteiger partial charge in [0.15, 0.2) is 11.6 Å². The largest absolute Gasteiger partial charge is 0.368 e. The van der Waals surface area contributed by atoms with Crippen molar-refractivity contribution in [1.29, 1.82) is 0 Å². The highest BCUT2D eigenvalue weighted by atomic mass is 15.3. The molecule has 1 fully saturated rings. The van der Waals surface area contributed by atoms with Gasteiger partial charge in [0, 0.05) is 31.2 Å². The molecule has 0 radical (unpaired) electrons. The second kappa shape index (κ2) is 6.42. The van der Waals surface area contributed by atoms with Crippen LogP contribution in [-0.4, -0.2) is 35.6 Å². The van der Waals surface area contributed by atoms with E-state index in [1.54, 1.807) is 0 Å². The molecule has 2 aliphatic rings. The van der Waals surface area contributed by atoms with E-state index >= 15 is 0 Å². The average molecular weight is 322 g/mol. The van der Waals surface area contributed by atoms with Crippen molar-refractivity contribution in [2.24, 2.45) is 0 Å². The van der Waals surface area contributed by atoms with E-state index in [1.807, 2.05) is 24.4 Å². The number of nitrogens with zero attached hydrogens (tertiary/aromatic N) is 4. The molecule has 2 aromatic rings. The van der Waals surface area contributed by atoms with E-state index in [9.17, 15) is 0 Å². The molecular weight excluding hydrogens is 296 g/mol. The predicted molar refractivity (Wildman–Crippen MR) is 99.6 cm³/mol. The van der Waals surface area contributed by atoms with Crippen LogP contribution in [0.5, 0.6) is 0 Å². The Labute approximate surface area is 144 Å². The van der Waals surface area contributed by atoms with Gasteiger partial charge < -0.3 is 9.80 Å². The number of benzene rings is 1. The molecule has 1 aliphatic heterocycles. The van der Waals surface area contributed by atoms with Gasteiger partial charge in [-0.25, -0.2) is 9.97 Å². The molecular formula is C20H26N4. The van der Waals surface area contributed by atoms with Crippen LogP contribution in [0.2, 0.25) is 0 Å². The number of hydrogen-bond donors (Lipinski definition) is 0. The third-order valence-corrected chi connectivity index (χ3v) is 5.51. The standard InChI is InChI=1S/C20H26N4/c1-3-16-14-23(2)18-13-21-19(15-9-5-4-6-10-15)22-20(18)24(16)17-11-7-8-12-17/h4-6,9-10,13,16-17H,3,7-8,11-12,14H2,1-2H3. The first-order chi connectivity index (χ1) is 11.8. The summed E-state index contributed by atoms with van der Waals surface area (Å²) in [5.74, 6) is 1.97. The van der Waals surface area contributed by atoms with Crippen molar-refractivity contribution >= 4 is 11.5 Å². The first-order valence-corrected chi connectivity index (χ1v) is 9.20. The predicted octanol–water partition coefficient (Wildman–Crippen LogP) is 4.12. The van der Waals surface area contributed by atoms with Crippen LogP contribution in [0.4, 0.5) is 11.5 Å². The van der Waals surface area contributed by atoms with Gasteiger partial charge in [0.1, 0.15) is 0 Å². The Bertz CT molecular complexity index is 694. The molecule has 0 amide bonds. The number of likely N-dealkylation sites (N-methyl/N-ethyl adjacent to an activating group) is 1. The fourth-order valence-corrected chi connectivity index (χ4v) is 4.21. The molecule has 0 bridgehead atoms. The van der Waals surface area contributed by atoms with Crippen molar-refractivity contribution in [1.82, 2.24) is 9.97 Å². The molecule has 1 unspecified atom stereocenters. The number of hydrogen-bond acceptors (Lipinski definition) is 4. The smallest absolute Gasteiger partial charge is 0.161 e. The summed E-state index contributed by atoms with van der Waals surface area (Å²) in [5.41, 5.74) is 2.26. The minimum Gasteiger partial charge on any atom is -0.368 e. The Morgan fingerprint density at radius 1 is 1.12 bits per heavy atom. The summed E-state index contributed by atoms with van der Waals surface area (Å²) < 4.78 is 0. The fourth-order valence-electron chi connectivity index (χ4n) is 4.21. The van der Waals surface area contributed by atoms with E-state index < -0.39 is 0 Å². The van der Waals surface area contributed by atoms with Crippen molar-refractivity contribution in [2.45, 2.75) is 51.1 Å². The summed E-state index contributed by atoms with van der Waals surface area (Å²) in [4.78, 5) is 14.6. The molecule has 4 heteroatoms. The van der Waals surface area contributed by atoms with Gasteiger partial charge >= 0.3 is 0 Å². The van der Waals surface area contributed by atoms with Crippen LogP contribution in [0, 0.1) is 0 Å². The lowest BCUT2D eigenvalue weighted by Crippen LogP contribution is -2.52. The number of anilines is 2. The highest BCUT2D eigenvalue weighted by Crippen LogP contribution is 2.39. The molecule has 0 saturated heterocycles. The normalized spacial score (nSPS) is 21.2. The topological polar surface area (TPSA) is 32.3 Å².